The van der Waals surface area contributed by atoms with Crippen molar-refractivity contribution in [2.75, 3.05) is 11.5 Å². The maximum absolute atomic E-state index is 12.9. The van der Waals surface area contributed by atoms with Crippen LogP contribution in [-0.2, 0) is 16.4 Å². The van der Waals surface area contributed by atoms with Gasteiger partial charge in [0, 0.05) is 23.0 Å². The molecule has 0 amide bonds. The predicted octanol–water partition coefficient (Wildman–Crippen LogP) is 1.39. The van der Waals surface area contributed by atoms with E-state index in [9.17, 15) is 23.3 Å². The number of ketones is 1. The van der Waals surface area contributed by atoms with Gasteiger partial charge in [-0.15, -0.1) is 0 Å². The van der Waals surface area contributed by atoms with Gasteiger partial charge in [-0.1, -0.05) is 0 Å². The highest BCUT2D eigenvalue weighted by molar-refractivity contribution is 7.91. The average Bonchev–Trinajstić information content (AvgIpc) is 3.11. The second-order valence-electron chi connectivity index (χ2n) is 7.29. The Morgan fingerprint density at radius 1 is 1.32 bits per heavy atom. The minimum Gasteiger partial charge on any atom is -0.344 e. The first kappa shape index (κ1) is 20.0. The second-order valence-corrected chi connectivity index (χ2v) is 9.52. The van der Waals surface area contributed by atoms with Gasteiger partial charge in [0.25, 0.3) is 5.56 Å². The predicted molar refractivity (Wildman–Crippen MR) is 103 cm³/mol. The van der Waals surface area contributed by atoms with Crippen molar-refractivity contribution >= 4 is 15.6 Å². The average molecular weight is 402 g/mol. The minimum absolute atomic E-state index is 0.0121. The molecule has 9 heteroatoms. The lowest BCUT2D eigenvalue weighted by Crippen LogP contribution is -2.30. The van der Waals surface area contributed by atoms with Crippen LogP contribution in [-0.4, -0.2) is 40.1 Å². The van der Waals surface area contributed by atoms with Gasteiger partial charge in [-0.25, -0.2) is 13.1 Å². The summed E-state index contributed by atoms with van der Waals surface area (Å²) in [5.41, 5.74) is 2.36. The number of Topliss-reactive ketones (excluding diaryl/α,β-unsaturated/α-hetero) is 1. The van der Waals surface area contributed by atoms with Crippen LogP contribution in [0.15, 0.2) is 10.9 Å². The van der Waals surface area contributed by atoms with Crippen molar-refractivity contribution in [2.24, 2.45) is 0 Å². The molecular formula is C19H22N4O4S. The van der Waals surface area contributed by atoms with E-state index >= 15 is 0 Å². The Morgan fingerprint density at radius 2 is 2.00 bits per heavy atom. The van der Waals surface area contributed by atoms with E-state index in [1.807, 2.05) is 17.6 Å². The standard InChI is InChI=1S/C19H22N4O4S/c1-11-7-16(14(4)23(11)15-5-6-28(26,27)10-15)18(24)9-22-19(25)17(8-20)12(2)13(3)21-22/h7,15H,5-6,9-10H2,1-4H3. The molecule has 2 aromatic rings. The summed E-state index contributed by atoms with van der Waals surface area (Å²) in [6, 6.07) is 3.42. The number of nitrogens with zero attached hydrogens (tertiary/aromatic N) is 4. The molecule has 1 aliphatic rings. The van der Waals surface area contributed by atoms with E-state index in [1.165, 1.54) is 0 Å². The van der Waals surface area contributed by atoms with E-state index in [0.717, 1.165) is 10.4 Å². The van der Waals surface area contributed by atoms with Crippen LogP contribution in [0.5, 0.6) is 0 Å². The third-order valence-corrected chi connectivity index (χ3v) is 7.15. The number of hydrogen-bond acceptors (Lipinski definition) is 6. The van der Waals surface area contributed by atoms with Gasteiger partial charge in [0.15, 0.2) is 15.6 Å². The first-order chi connectivity index (χ1) is 13.1. The Kier molecular flexibility index (Phi) is 5.02. The maximum atomic E-state index is 12.9. The van der Waals surface area contributed by atoms with E-state index in [1.54, 1.807) is 26.8 Å². The topological polar surface area (TPSA) is 115 Å². The molecule has 0 saturated carbocycles. The summed E-state index contributed by atoms with van der Waals surface area (Å²) in [7, 11) is -3.05. The third kappa shape index (κ3) is 3.40. The number of aromatic nitrogens is 3. The molecule has 0 spiro atoms. The van der Waals surface area contributed by atoms with Crippen LogP contribution < -0.4 is 5.56 Å². The van der Waals surface area contributed by atoms with Gasteiger partial charge < -0.3 is 4.57 Å². The Bertz CT molecular complexity index is 1180. The van der Waals surface area contributed by atoms with Gasteiger partial charge in [0.05, 0.1) is 17.2 Å². The number of rotatable bonds is 4. The summed E-state index contributed by atoms with van der Waals surface area (Å²) in [5, 5.41) is 13.4. The van der Waals surface area contributed by atoms with Gasteiger partial charge in [-0.2, -0.15) is 10.4 Å². The van der Waals surface area contributed by atoms with Crippen molar-refractivity contribution in [1.29, 1.82) is 5.26 Å². The van der Waals surface area contributed by atoms with Crippen LogP contribution in [0, 0.1) is 39.0 Å². The van der Waals surface area contributed by atoms with Crippen molar-refractivity contribution in [3.8, 4) is 6.07 Å². The smallest absolute Gasteiger partial charge is 0.285 e. The Labute approximate surface area is 163 Å². The summed E-state index contributed by atoms with van der Waals surface area (Å²) >= 11 is 0. The van der Waals surface area contributed by atoms with Crippen molar-refractivity contribution in [3.05, 3.63) is 50.2 Å². The molecule has 8 nitrogen and oxygen atoms in total. The molecule has 3 heterocycles. The largest absolute Gasteiger partial charge is 0.344 e. The van der Waals surface area contributed by atoms with Crippen molar-refractivity contribution in [1.82, 2.24) is 14.3 Å². The lowest BCUT2D eigenvalue weighted by molar-refractivity contribution is 0.0964. The van der Waals surface area contributed by atoms with Gasteiger partial charge in [-0.3, -0.25) is 9.59 Å². The van der Waals surface area contributed by atoms with E-state index in [0.29, 0.717) is 28.9 Å². The molecule has 0 N–H and O–H groups in total. The fourth-order valence-electron chi connectivity index (χ4n) is 3.83. The molecule has 148 valence electrons. The maximum Gasteiger partial charge on any atom is 0.285 e. The van der Waals surface area contributed by atoms with E-state index in [-0.39, 0.29) is 35.4 Å². The third-order valence-electron chi connectivity index (χ3n) is 5.40. The number of sulfone groups is 1. The monoisotopic (exact) mass is 402 g/mol. The first-order valence-electron chi connectivity index (χ1n) is 8.96. The van der Waals surface area contributed by atoms with Gasteiger partial charge in [0.1, 0.15) is 18.2 Å². The van der Waals surface area contributed by atoms with E-state index < -0.39 is 15.4 Å². The second kappa shape index (κ2) is 7.02. The molecule has 3 rings (SSSR count). The van der Waals surface area contributed by atoms with E-state index in [2.05, 4.69) is 5.10 Å². The van der Waals surface area contributed by atoms with Crippen LogP contribution in [0.3, 0.4) is 0 Å². The molecule has 2 aromatic heterocycles. The summed E-state index contributed by atoms with van der Waals surface area (Å²) < 4.78 is 26.6. The Morgan fingerprint density at radius 3 is 2.57 bits per heavy atom. The highest BCUT2D eigenvalue weighted by Crippen LogP contribution is 2.29. The molecule has 0 bridgehead atoms. The molecule has 0 radical (unpaired) electrons. The van der Waals surface area contributed by atoms with Crippen LogP contribution >= 0.6 is 0 Å². The molecule has 1 unspecified atom stereocenters. The molecule has 28 heavy (non-hydrogen) atoms. The lowest BCUT2D eigenvalue weighted by Gasteiger charge is -2.16. The number of nitriles is 1. The highest BCUT2D eigenvalue weighted by atomic mass is 32.2. The molecular weight excluding hydrogens is 380 g/mol. The van der Waals surface area contributed by atoms with Crippen molar-refractivity contribution < 1.29 is 13.2 Å². The molecule has 0 aliphatic carbocycles. The molecule has 1 fully saturated rings. The van der Waals surface area contributed by atoms with Crippen LogP contribution in [0.2, 0.25) is 0 Å². The molecule has 1 saturated heterocycles. The van der Waals surface area contributed by atoms with Gasteiger partial charge in [-0.05, 0) is 45.7 Å². The zero-order valence-corrected chi connectivity index (χ0v) is 17.1. The minimum atomic E-state index is -3.05. The number of aryl methyl sites for hydroxylation is 2. The normalized spacial score (nSPS) is 18.2. The summed E-state index contributed by atoms with van der Waals surface area (Å²) in [5.74, 6) is -0.0839. The SMILES string of the molecule is Cc1nn(CC(=O)c2cc(C)n(C3CCS(=O)(=O)C3)c2C)c(=O)c(C#N)c1C. The lowest BCUT2D eigenvalue weighted by atomic mass is 10.1. The molecule has 1 atom stereocenters. The Balaban J connectivity index is 1.96. The summed E-state index contributed by atoms with van der Waals surface area (Å²) in [4.78, 5) is 25.3. The number of carbonyl (C=O) groups excluding carboxylic acids is 1. The van der Waals surface area contributed by atoms with Gasteiger partial charge in [0.2, 0.25) is 0 Å². The fourth-order valence-corrected chi connectivity index (χ4v) is 5.53. The highest BCUT2D eigenvalue weighted by Gasteiger charge is 2.31. The van der Waals surface area contributed by atoms with Crippen molar-refractivity contribution in [2.45, 2.75) is 46.7 Å². The van der Waals surface area contributed by atoms with Crippen LogP contribution in [0.4, 0.5) is 0 Å². The van der Waals surface area contributed by atoms with E-state index in [4.69, 9.17) is 0 Å². The summed E-state index contributed by atoms with van der Waals surface area (Å²) in [6.07, 6.45) is 0.524. The fraction of sp³-hybridized carbons (Fsp3) is 0.474. The van der Waals surface area contributed by atoms with Crippen LogP contribution in [0.25, 0.3) is 0 Å². The van der Waals surface area contributed by atoms with Crippen molar-refractivity contribution in [3.63, 3.8) is 0 Å². The zero-order chi connectivity index (χ0) is 20.8. The zero-order valence-electron chi connectivity index (χ0n) is 16.3. The quantitative estimate of drug-likeness (QED) is 0.714. The molecule has 1 aliphatic heterocycles. The first-order valence-corrected chi connectivity index (χ1v) is 10.8. The number of hydrogen-bond donors (Lipinski definition) is 0. The molecule has 0 aromatic carbocycles. The van der Waals surface area contributed by atoms with Gasteiger partial charge >= 0.3 is 0 Å². The summed E-state index contributed by atoms with van der Waals surface area (Å²) in [6.45, 7) is 6.67. The number of carbonyl (C=O) groups is 1. The van der Waals surface area contributed by atoms with Crippen LogP contribution in [0.1, 0.15) is 51.0 Å². The Hall–Kier alpha value is -2.73.